The van der Waals surface area contributed by atoms with Gasteiger partial charge in [-0.25, -0.2) is 0 Å². The molecule has 2 aromatic carbocycles. The molecule has 1 aromatic heterocycles. The molecule has 1 aliphatic rings. The van der Waals surface area contributed by atoms with Crippen LogP contribution in [0.1, 0.15) is 11.1 Å². The number of oxime groups is 1. The molecule has 0 bridgehead atoms. The fraction of sp³-hybridized carbons (Fsp3) is 0.318. The van der Waals surface area contributed by atoms with Crippen LogP contribution in [0.5, 0.6) is 17.2 Å². The average molecular weight is 468 g/mol. The van der Waals surface area contributed by atoms with E-state index in [0.717, 1.165) is 51.3 Å². The molecule has 0 fully saturated rings. The van der Waals surface area contributed by atoms with E-state index < -0.39 is 0 Å². The van der Waals surface area contributed by atoms with Crippen molar-refractivity contribution in [1.82, 2.24) is 9.88 Å². The summed E-state index contributed by atoms with van der Waals surface area (Å²) < 4.78 is 16.5. The molecule has 3 aromatic rings. The molecule has 1 aliphatic carbocycles. The van der Waals surface area contributed by atoms with Crippen LogP contribution in [0.15, 0.2) is 35.5 Å². The Bertz CT molecular complexity index is 1100. The van der Waals surface area contributed by atoms with Crippen molar-refractivity contribution < 1.29 is 19.0 Å². The number of hydrogen-bond acceptors (Lipinski definition) is 6. The first-order valence-electron chi connectivity index (χ1n) is 9.39. The van der Waals surface area contributed by atoms with Crippen LogP contribution in [0.3, 0.4) is 0 Å². The van der Waals surface area contributed by atoms with Gasteiger partial charge in [0.05, 0.1) is 27.0 Å². The van der Waals surface area contributed by atoms with Crippen molar-refractivity contribution in [2.45, 2.75) is 0 Å². The van der Waals surface area contributed by atoms with Crippen molar-refractivity contribution in [2.75, 3.05) is 48.6 Å². The summed E-state index contributed by atoms with van der Waals surface area (Å²) in [5, 5.41) is 5.55. The number of H-pyrrole nitrogens is 1. The number of halogens is 2. The van der Waals surface area contributed by atoms with Crippen molar-refractivity contribution in [1.29, 1.82) is 0 Å². The van der Waals surface area contributed by atoms with Crippen LogP contribution in [0.4, 0.5) is 0 Å². The Morgan fingerprint density at radius 1 is 0.903 bits per heavy atom. The van der Waals surface area contributed by atoms with Gasteiger partial charge in [-0.2, -0.15) is 0 Å². The number of aromatic nitrogens is 1. The maximum Gasteiger partial charge on any atom is 0.161 e. The molecule has 0 atom stereocenters. The average Bonchev–Trinajstić information content (AvgIpc) is 3.24. The van der Waals surface area contributed by atoms with Gasteiger partial charge in [-0.15, -0.1) is 24.8 Å². The largest absolute Gasteiger partial charge is 0.497 e. The quantitative estimate of drug-likeness (QED) is 0.323. The monoisotopic (exact) mass is 467 g/mol. The van der Waals surface area contributed by atoms with Gasteiger partial charge in [0.2, 0.25) is 0 Å². The Hall–Kier alpha value is -2.61. The third-order valence-electron chi connectivity index (χ3n) is 5.08. The number of hydrogen-bond donors (Lipinski definition) is 1. The molecule has 168 valence electrons. The third-order valence-corrected chi connectivity index (χ3v) is 5.08. The molecular formula is C22H27Cl2N3O4. The van der Waals surface area contributed by atoms with Crippen molar-refractivity contribution in [3.05, 3.63) is 41.5 Å². The maximum atomic E-state index is 5.68. The molecule has 0 aliphatic heterocycles. The van der Waals surface area contributed by atoms with E-state index in [-0.39, 0.29) is 24.8 Å². The topological polar surface area (TPSA) is 68.3 Å². The van der Waals surface area contributed by atoms with Crippen LogP contribution >= 0.6 is 24.8 Å². The predicted molar refractivity (Wildman–Crippen MR) is 128 cm³/mol. The number of likely N-dealkylation sites (N-methyl/N-ethyl adjacent to an activating group) is 1. The Morgan fingerprint density at radius 3 is 2.19 bits per heavy atom. The standard InChI is InChI=1S/C22H25N3O4.2ClH/c1-25(2)8-9-29-24-22-15-12-19(28-5)18(27-4)11-14(15)21-20(22)16-10-13(26-3)6-7-17(16)23-21;;/h6-7,10-12,23H,8-9H2,1-5H3;2*1H. The summed E-state index contributed by atoms with van der Waals surface area (Å²) in [7, 11) is 8.93. The minimum absolute atomic E-state index is 0. The molecular weight excluding hydrogens is 441 g/mol. The first kappa shape index (κ1) is 24.7. The number of rotatable bonds is 7. The molecule has 0 spiro atoms. The Morgan fingerprint density at radius 2 is 1.58 bits per heavy atom. The first-order valence-corrected chi connectivity index (χ1v) is 9.39. The van der Waals surface area contributed by atoms with Gasteiger partial charge in [-0.05, 0) is 44.4 Å². The van der Waals surface area contributed by atoms with E-state index in [9.17, 15) is 0 Å². The summed E-state index contributed by atoms with van der Waals surface area (Å²) in [4.78, 5) is 11.2. The second-order valence-electron chi connectivity index (χ2n) is 7.12. The lowest BCUT2D eigenvalue weighted by atomic mass is 10.1. The van der Waals surface area contributed by atoms with Crippen molar-refractivity contribution >= 4 is 41.4 Å². The van der Waals surface area contributed by atoms with E-state index in [4.69, 9.17) is 19.0 Å². The van der Waals surface area contributed by atoms with Crippen LogP contribution in [-0.4, -0.2) is 64.2 Å². The lowest BCUT2D eigenvalue weighted by molar-refractivity contribution is 0.126. The number of fused-ring (bicyclic) bond motifs is 5. The fourth-order valence-electron chi connectivity index (χ4n) is 3.59. The second-order valence-corrected chi connectivity index (χ2v) is 7.12. The van der Waals surface area contributed by atoms with Crippen molar-refractivity contribution in [3.63, 3.8) is 0 Å². The molecule has 0 unspecified atom stereocenters. The summed E-state index contributed by atoms with van der Waals surface area (Å²) in [5.74, 6) is 2.11. The molecule has 0 saturated carbocycles. The van der Waals surface area contributed by atoms with Crippen LogP contribution in [-0.2, 0) is 4.84 Å². The fourth-order valence-corrected chi connectivity index (χ4v) is 3.59. The predicted octanol–water partition coefficient (Wildman–Crippen LogP) is 4.35. The molecule has 9 heteroatoms. The van der Waals surface area contributed by atoms with Gasteiger partial charge in [0.1, 0.15) is 18.1 Å². The highest BCUT2D eigenvalue weighted by atomic mass is 35.5. The lowest BCUT2D eigenvalue weighted by Gasteiger charge is -2.11. The van der Waals surface area contributed by atoms with Crippen molar-refractivity contribution in [3.8, 4) is 28.5 Å². The van der Waals surface area contributed by atoms with Crippen LogP contribution in [0, 0.1) is 0 Å². The van der Waals surface area contributed by atoms with Crippen molar-refractivity contribution in [2.24, 2.45) is 5.16 Å². The van der Waals surface area contributed by atoms with Gasteiger partial charge in [-0.3, -0.25) is 0 Å². The lowest BCUT2D eigenvalue weighted by Crippen LogP contribution is -2.17. The molecule has 7 nitrogen and oxygen atoms in total. The molecule has 4 rings (SSSR count). The van der Waals surface area contributed by atoms with E-state index in [2.05, 4.69) is 15.0 Å². The van der Waals surface area contributed by atoms with Gasteiger partial charge in [-0.1, -0.05) is 5.16 Å². The number of nitrogens with zero attached hydrogens (tertiary/aromatic N) is 2. The number of ether oxygens (including phenoxy) is 3. The van der Waals surface area contributed by atoms with E-state index in [1.54, 1.807) is 21.3 Å². The normalized spacial score (nSPS) is 12.8. The number of aromatic amines is 1. The number of methoxy groups -OCH3 is 3. The summed E-state index contributed by atoms with van der Waals surface area (Å²) in [5.41, 5.74) is 5.71. The number of nitrogens with one attached hydrogen (secondary N) is 1. The minimum Gasteiger partial charge on any atom is -0.497 e. The third kappa shape index (κ3) is 4.39. The van der Waals surface area contributed by atoms with Crippen LogP contribution < -0.4 is 14.2 Å². The highest BCUT2D eigenvalue weighted by Crippen LogP contribution is 2.45. The zero-order chi connectivity index (χ0) is 20.5. The summed E-state index contributed by atoms with van der Waals surface area (Å²) in [6.07, 6.45) is 0. The molecule has 31 heavy (non-hydrogen) atoms. The van der Waals surface area contributed by atoms with Gasteiger partial charge in [0, 0.05) is 34.1 Å². The second kappa shape index (κ2) is 10.1. The summed E-state index contributed by atoms with van der Waals surface area (Å²) >= 11 is 0. The summed E-state index contributed by atoms with van der Waals surface area (Å²) in [6.45, 7) is 1.28. The SMILES string of the molecule is COc1ccc2[nH]c3c(c2c1)C(=NOCCN(C)C)c1cc(OC)c(OC)cc1-3.Cl.Cl. The minimum atomic E-state index is 0. The molecule has 0 radical (unpaired) electrons. The Kier molecular flexibility index (Phi) is 8.06. The first-order chi connectivity index (χ1) is 14.1. The van der Waals surface area contributed by atoms with Crippen LogP contribution in [0.2, 0.25) is 0 Å². The zero-order valence-electron chi connectivity index (χ0n) is 18.1. The van der Waals surface area contributed by atoms with Gasteiger partial charge >= 0.3 is 0 Å². The summed E-state index contributed by atoms with van der Waals surface area (Å²) in [6, 6.07) is 9.88. The Balaban J connectivity index is 0.00000171. The molecule has 0 amide bonds. The Labute approximate surface area is 194 Å². The molecule has 1 N–H and O–H groups in total. The van der Waals surface area contributed by atoms with E-state index in [0.29, 0.717) is 18.1 Å². The van der Waals surface area contributed by atoms with Gasteiger partial charge < -0.3 is 28.9 Å². The molecule has 1 heterocycles. The zero-order valence-corrected chi connectivity index (χ0v) is 19.8. The highest BCUT2D eigenvalue weighted by Gasteiger charge is 2.32. The highest BCUT2D eigenvalue weighted by molar-refractivity contribution is 6.30. The van der Waals surface area contributed by atoms with E-state index >= 15 is 0 Å². The number of benzene rings is 2. The van der Waals surface area contributed by atoms with E-state index in [1.807, 2.05) is 44.4 Å². The van der Waals surface area contributed by atoms with Gasteiger partial charge in [0.15, 0.2) is 11.5 Å². The maximum absolute atomic E-state index is 5.68. The smallest absolute Gasteiger partial charge is 0.161 e. The van der Waals surface area contributed by atoms with Crippen LogP contribution in [0.25, 0.3) is 22.2 Å². The van der Waals surface area contributed by atoms with E-state index in [1.165, 1.54) is 0 Å². The molecule has 0 saturated heterocycles. The van der Waals surface area contributed by atoms with Gasteiger partial charge in [0.25, 0.3) is 0 Å².